The first-order valence-electron chi connectivity index (χ1n) is 8.59. The van der Waals surface area contributed by atoms with Crippen LogP contribution in [-0.2, 0) is 17.5 Å². The number of morpholine rings is 1. The summed E-state index contributed by atoms with van der Waals surface area (Å²) in [6.45, 7) is 4.77. The van der Waals surface area contributed by atoms with Crippen molar-refractivity contribution >= 4 is 11.6 Å². The molecular weight excluding hydrogens is 359 g/mol. The van der Waals surface area contributed by atoms with Crippen molar-refractivity contribution < 1.29 is 22.7 Å². The third-order valence-electron chi connectivity index (χ3n) is 4.39. The molecular formula is C19H20F3N3O2. The summed E-state index contributed by atoms with van der Waals surface area (Å²) in [6.07, 6.45) is -4.53. The number of alkyl halides is 3. The van der Waals surface area contributed by atoms with E-state index in [0.717, 1.165) is 36.5 Å². The molecule has 8 heteroatoms. The van der Waals surface area contributed by atoms with Crippen LogP contribution in [0.5, 0.6) is 0 Å². The molecule has 2 heterocycles. The Morgan fingerprint density at radius 2 is 1.81 bits per heavy atom. The number of nitrogens with one attached hydrogen (secondary N) is 1. The highest BCUT2D eigenvalue weighted by Crippen LogP contribution is 2.28. The minimum absolute atomic E-state index is 0.0463. The fraction of sp³-hybridized carbons (Fsp3) is 0.368. The van der Waals surface area contributed by atoms with E-state index < -0.39 is 17.8 Å². The highest BCUT2D eigenvalue weighted by Gasteiger charge is 2.33. The molecule has 1 saturated heterocycles. The number of carbonyl (C=O) groups is 1. The predicted octanol–water partition coefficient (Wildman–Crippen LogP) is 3.18. The average molecular weight is 379 g/mol. The molecule has 1 aromatic heterocycles. The molecule has 0 bridgehead atoms. The van der Waals surface area contributed by atoms with E-state index in [2.05, 4.69) is 15.2 Å². The van der Waals surface area contributed by atoms with Crippen molar-refractivity contribution in [1.82, 2.24) is 10.3 Å². The summed E-state index contributed by atoms with van der Waals surface area (Å²) >= 11 is 0. The summed E-state index contributed by atoms with van der Waals surface area (Å²) in [5.74, 6) is -0.453. The number of aryl methyl sites for hydroxylation is 1. The van der Waals surface area contributed by atoms with Gasteiger partial charge in [-0.05, 0) is 36.8 Å². The van der Waals surface area contributed by atoms with E-state index >= 15 is 0 Å². The van der Waals surface area contributed by atoms with Crippen LogP contribution in [0, 0.1) is 6.92 Å². The highest BCUT2D eigenvalue weighted by atomic mass is 19.4. The van der Waals surface area contributed by atoms with Gasteiger partial charge in [-0.25, -0.2) is 4.98 Å². The van der Waals surface area contributed by atoms with Gasteiger partial charge in [-0.1, -0.05) is 12.1 Å². The smallest absolute Gasteiger partial charge is 0.378 e. The molecule has 5 nitrogen and oxygen atoms in total. The van der Waals surface area contributed by atoms with Gasteiger partial charge in [-0.3, -0.25) is 4.79 Å². The molecule has 1 aliphatic rings. The Labute approximate surface area is 155 Å². The van der Waals surface area contributed by atoms with E-state index in [1.165, 1.54) is 6.92 Å². The lowest BCUT2D eigenvalue weighted by molar-refractivity contribution is -0.141. The Kier molecular flexibility index (Phi) is 5.65. The Hall–Kier alpha value is -2.61. The van der Waals surface area contributed by atoms with E-state index in [-0.39, 0.29) is 17.8 Å². The van der Waals surface area contributed by atoms with Gasteiger partial charge in [0.15, 0.2) is 0 Å². The van der Waals surface area contributed by atoms with Gasteiger partial charge in [-0.15, -0.1) is 0 Å². The number of rotatable bonds is 4. The highest BCUT2D eigenvalue weighted by molar-refractivity contribution is 5.95. The number of pyridine rings is 1. The van der Waals surface area contributed by atoms with Crippen molar-refractivity contribution in [2.75, 3.05) is 31.2 Å². The molecule has 1 aliphatic heterocycles. The van der Waals surface area contributed by atoms with Crippen LogP contribution in [0.3, 0.4) is 0 Å². The van der Waals surface area contributed by atoms with Gasteiger partial charge in [0.2, 0.25) is 0 Å². The summed E-state index contributed by atoms with van der Waals surface area (Å²) in [4.78, 5) is 18.0. The SMILES string of the molecule is Cc1nc(C(F)(F)F)ccc1C(=O)NCc1ccc(N2CCOCC2)cc1. The molecule has 0 aliphatic carbocycles. The third kappa shape index (κ3) is 4.77. The molecule has 0 atom stereocenters. The molecule has 1 amide bonds. The summed E-state index contributed by atoms with van der Waals surface area (Å²) in [6, 6.07) is 9.78. The van der Waals surface area contributed by atoms with Crippen molar-refractivity contribution in [2.24, 2.45) is 0 Å². The number of nitrogens with zero attached hydrogens (tertiary/aromatic N) is 2. The van der Waals surface area contributed by atoms with E-state index in [0.29, 0.717) is 13.2 Å². The van der Waals surface area contributed by atoms with Gasteiger partial charge in [0.1, 0.15) is 5.69 Å². The maximum atomic E-state index is 12.7. The van der Waals surface area contributed by atoms with Crippen molar-refractivity contribution in [2.45, 2.75) is 19.6 Å². The number of amides is 1. The van der Waals surface area contributed by atoms with Crippen LogP contribution in [0.2, 0.25) is 0 Å². The fourth-order valence-electron chi connectivity index (χ4n) is 2.88. The quantitative estimate of drug-likeness (QED) is 0.887. The summed E-state index contributed by atoms with van der Waals surface area (Å²) in [5, 5.41) is 2.72. The number of ether oxygens (including phenoxy) is 1. The van der Waals surface area contributed by atoms with Gasteiger partial charge in [-0.2, -0.15) is 13.2 Å². The standard InChI is InChI=1S/C19H20F3N3O2/c1-13-16(6-7-17(24-13)19(20,21)22)18(26)23-12-14-2-4-15(5-3-14)25-8-10-27-11-9-25/h2-7H,8-12H2,1H3,(H,23,26). The van der Waals surface area contributed by atoms with Gasteiger partial charge in [0, 0.05) is 25.3 Å². The monoisotopic (exact) mass is 379 g/mol. The van der Waals surface area contributed by atoms with E-state index in [9.17, 15) is 18.0 Å². The van der Waals surface area contributed by atoms with Crippen LogP contribution in [0.4, 0.5) is 18.9 Å². The summed E-state index contributed by atoms with van der Waals surface area (Å²) < 4.78 is 43.3. The lowest BCUT2D eigenvalue weighted by atomic mass is 10.1. The molecule has 1 N–H and O–H groups in total. The summed E-state index contributed by atoms with van der Waals surface area (Å²) in [5.41, 5.74) is 1.17. The first-order chi connectivity index (χ1) is 12.8. The molecule has 1 fully saturated rings. The fourth-order valence-corrected chi connectivity index (χ4v) is 2.88. The lowest BCUT2D eigenvalue weighted by Gasteiger charge is -2.28. The lowest BCUT2D eigenvalue weighted by Crippen LogP contribution is -2.36. The third-order valence-corrected chi connectivity index (χ3v) is 4.39. The minimum atomic E-state index is -4.53. The van der Waals surface area contributed by atoms with E-state index in [1.54, 1.807) is 0 Å². The molecule has 0 unspecified atom stereocenters. The van der Waals surface area contributed by atoms with E-state index in [1.807, 2.05) is 24.3 Å². The molecule has 0 saturated carbocycles. The average Bonchev–Trinajstić information content (AvgIpc) is 2.66. The van der Waals surface area contributed by atoms with Crippen LogP contribution in [0.25, 0.3) is 0 Å². The Morgan fingerprint density at radius 3 is 2.41 bits per heavy atom. The minimum Gasteiger partial charge on any atom is -0.378 e. The number of anilines is 1. The van der Waals surface area contributed by atoms with Gasteiger partial charge < -0.3 is 15.0 Å². The second-order valence-electron chi connectivity index (χ2n) is 6.28. The molecule has 1 aromatic carbocycles. The van der Waals surface area contributed by atoms with Crippen LogP contribution >= 0.6 is 0 Å². The normalized spacial score (nSPS) is 14.9. The number of hydrogen-bond donors (Lipinski definition) is 1. The zero-order valence-electron chi connectivity index (χ0n) is 14.8. The zero-order chi connectivity index (χ0) is 19.4. The molecule has 27 heavy (non-hydrogen) atoms. The maximum absolute atomic E-state index is 12.7. The van der Waals surface area contributed by atoms with Crippen LogP contribution in [0.1, 0.15) is 27.3 Å². The van der Waals surface area contributed by atoms with Crippen molar-refractivity contribution in [3.63, 3.8) is 0 Å². The van der Waals surface area contributed by atoms with Crippen molar-refractivity contribution in [3.05, 3.63) is 58.9 Å². The number of benzene rings is 1. The van der Waals surface area contributed by atoms with Gasteiger partial charge in [0.25, 0.3) is 5.91 Å². The molecule has 3 rings (SSSR count). The van der Waals surface area contributed by atoms with E-state index in [4.69, 9.17) is 4.74 Å². The van der Waals surface area contributed by atoms with Crippen molar-refractivity contribution in [3.8, 4) is 0 Å². The number of halogens is 3. The second-order valence-corrected chi connectivity index (χ2v) is 6.28. The Morgan fingerprint density at radius 1 is 1.15 bits per heavy atom. The first-order valence-corrected chi connectivity index (χ1v) is 8.59. The molecule has 0 spiro atoms. The largest absolute Gasteiger partial charge is 0.433 e. The first kappa shape index (κ1) is 19.2. The number of hydrogen-bond acceptors (Lipinski definition) is 4. The topological polar surface area (TPSA) is 54.5 Å². The van der Waals surface area contributed by atoms with Gasteiger partial charge in [0.05, 0.1) is 24.5 Å². The van der Waals surface area contributed by atoms with Crippen molar-refractivity contribution in [1.29, 1.82) is 0 Å². The molecule has 0 radical (unpaired) electrons. The second kappa shape index (κ2) is 7.96. The number of aromatic nitrogens is 1. The predicted molar refractivity (Wildman–Crippen MR) is 94.6 cm³/mol. The van der Waals surface area contributed by atoms with Crippen LogP contribution < -0.4 is 10.2 Å². The van der Waals surface area contributed by atoms with Crippen LogP contribution in [0.15, 0.2) is 36.4 Å². The van der Waals surface area contributed by atoms with Gasteiger partial charge >= 0.3 is 6.18 Å². The molecule has 144 valence electrons. The Balaban J connectivity index is 1.60. The summed E-state index contributed by atoms with van der Waals surface area (Å²) in [7, 11) is 0. The number of carbonyl (C=O) groups excluding carboxylic acids is 1. The Bertz CT molecular complexity index is 801. The molecule has 2 aromatic rings. The zero-order valence-corrected chi connectivity index (χ0v) is 14.8. The van der Waals surface area contributed by atoms with Crippen LogP contribution in [-0.4, -0.2) is 37.2 Å². The maximum Gasteiger partial charge on any atom is 0.433 e.